The molecule has 1 saturated heterocycles. The van der Waals surface area contributed by atoms with Gasteiger partial charge in [0.25, 0.3) is 11.6 Å². The first-order chi connectivity index (χ1) is 9.52. The summed E-state index contributed by atoms with van der Waals surface area (Å²) in [6, 6.07) is 4.22. The number of likely N-dealkylation sites (N-methyl/N-ethyl adjacent to an activating group) is 1. The number of carbonyl (C=O) groups excluding carboxylic acids is 1. The number of nitrogens with zero attached hydrogens (tertiary/aromatic N) is 2. The number of hydrogen-bond acceptors (Lipinski definition) is 5. The molecular formula is C13H18N4O3. The van der Waals surface area contributed by atoms with Crippen LogP contribution in [-0.2, 0) is 0 Å². The Bertz CT molecular complexity index is 532. The third-order valence-corrected chi connectivity index (χ3v) is 3.59. The molecule has 1 atom stereocenters. The van der Waals surface area contributed by atoms with Crippen molar-refractivity contribution in [2.75, 3.05) is 25.9 Å². The van der Waals surface area contributed by atoms with Gasteiger partial charge >= 0.3 is 0 Å². The normalized spacial score (nSPS) is 18.9. The van der Waals surface area contributed by atoms with Crippen molar-refractivity contribution in [2.24, 2.45) is 0 Å². The van der Waals surface area contributed by atoms with E-state index in [4.69, 9.17) is 5.73 Å². The number of amides is 1. The van der Waals surface area contributed by atoms with Gasteiger partial charge in [-0.15, -0.1) is 0 Å². The van der Waals surface area contributed by atoms with Gasteiger partial charge in [-0.1, -0.05) is 0 Å². The van der Waals surface area contributed by atoms with E-state index < -0.39 is 4.92 Å². The molecule has 20 heavy (non-hydrogen) atoms. The monoisotopic (exact) mass is 278 g/mol. The second-order valence-corrected chi connectivity index (χ2v) is 4.91. The maximum atomic E-state index is 12.5. The lowest BCUT2D eigenvalue weighted by molar-refractivity contribution is -0.384. The largest absolute Gasteiger partial charge is 0.398 e. The van der Waals surface area contributed by atoms with Crippen LogP contribution in [0.1, 0.15) is 23.2 Å². The van der Waals surface area contributed by atoms with Crippen LogP contribution in [0.25, 0.3) is 0 Å². The summed E-state index contributed by atoms with van der Waals surface area (Å²) in [6.07, 6.45) is 1.93. The van der Waals surface area contributed by atoms with Crippen molar-refractivity contribution in [1.29, 1.82) is 0 Å². The number of benzene rings is 1. The van der Waals surface area contributed by atoms with E-state index in [1.54, 1.807) is 4.90 Å². The molecule has 2 rings (SSSR count). The molecule has 1 aliphatic rings. The van der Waals surface area contributed by atoms with E-state index in [2.05, 4.69) is 5.32 Å². The zero-order valence-electron chi connectivity index (χ0n) is 11.3. The van der Waals surface area contributed by atoms with E-state index in [1.165, 1.54) is 18.2 Å². The Hall–Kier alpha value is -2.15. The SMILES string of the molecule is CNC1CCCN(C(=O)c2cc([N+](=O)[O-])ccc2N)C1. The molecule has 0 bridgehead atoms. The Morgan fingerprint density at radius 3 is 2.95 bits per heavy atom. The van der Waals surface area contributed by atoms with Gasteiger partial charge in [-0.2, -0.15) is 0 Å². The fourth-order valence-corrected chi connectivity index (χ4v) is 2.41. The van der Waals surface area contributed by atoms with Gasteiger partial charge in [-0.3, -0.25) is 14.9 Å². The Balaban J connectivity index is 2.24. The molecule has 0 aliphatic carbocycles. The average Bonchev–Trinajstić information content (AvgIpc) is 2.46. The number of non-ortho nitro benzene ring substituents is 1. The van der Waals surface area contributed by atoms with Crippen molar-refractivity contribution in [3.63, 3.8) is 0 Å². The van der Waals surface area contributed by atoms with Crippen LogP contribution in [-0.4, -0.2) is 41.9 Å². The minimum Gasteiger partial charge on any atom is -0.398 e. The molecule has 1 amide bonds. The van der Waals surface area contributed by atoms with Crippen LogP contribution >= 0.6 is 0 Å². The molecule has 1 heterocycles. The maximum absolute atomic E-state index is 12.5. The number of nitrogens with one attached hydrogen (secondary N) is 1. The summed E-state index contributed by atoms with van der Waals surface area (Å²) < 4.78 is 0. The van der Waals surface area contributed by atoms with Gasteiger partial charge in [0.15, 0.2) is 0 Å². The molecule has 0 aromatic heterocycles. The molecular weight excluding hydrogens is 260 g/mol. The summed E-state index contributed by atoms with van der Waals surface area (Å²) in [4.78, 5) is 24.4. The molecule has 0 spiro atoms. The molecule has 7 heteroatoms. The van der Waals surface area contributed by atoms with E-state index in [0.29, 0.717) is 13.1 Å². The highest BCUT2D eigenvalue weighted by Crippen LogP contribution is 2.22. The number of hydrogen-bond donors (Lipinski definition) is 2. The topological polar surface area (TPSA) is 102 Å². The number of nitro benzene ring substituents is 1. The molecule has 0 saturated carbocycles. The zero-order valence-corrected chi connectivity index (χ0v) is 11.3. The van der Waals surface area contributed by atoms with Crippen molar-refractivity contribution < 1.29 is 9.72 Å². The fourth-order valence-electron chi connectivity index (χ4n) is 2.41. The van der Waals surface area contributed by atoms with Gasteiger partial charge in [-0.25, -0.2) is 0 Å². The number of nitrogens with two attached hydrogens (primary N) is 1. The third kappa shape index (κ3) is 2.88. The molecule has 3 N–H and O–H groups in total. The summed E-state index contributed by atoms with van der Waals surface area (Å²) in [7, 11) is 1.86. The number of likely N-dealkylation sites (tertiary alicyclic amines) is 1. The summed E-state index contributed by atoms with van der Waals surface area (Å²) in [5.74, 6) is -0.244. The first-order valence-electron chi connectivity index (χ1n) is 6.53. The number of nitrogen functional groups attached to an aromatic ring is 1. The number of carbonyl (C=O) groups is 1. The van der Waals surface area contributed by atoms with E-state index >= 15 is 0 Å². The van der Waals surface area contributed by atoms with Gasteiger partial charge < -0.3 is 16.0 Å². The fraction of sp³-hybridized carbons (Fsp3) is 0.462. The molecule has 1 unspecified atom stereocenters. The van der Waals surface area contributed by atoms with Gasteiger partial charge in [0, 0.05) is 37.0 Å². The first kappa shape index (κ1) is 14.3. The van der Waals surface area contributed by atoms with Gasteiger partial charge in [0.05, 0.1) is 10.5 Å². The lowest BCUT2D eigenvalue weighted by Gasteiger charge is -2.32. The number of rotatable bonds is 3. The average molecular weight is 278 g/mol. The van der Waals surface area contributed by atoms with Crippen LogP contribution in [0, 0.1) is 10.1 Å². The smallest absolute Gasteiger partial charge is 0.270 e. The Morgan fingerprint density at radius 1 is 1.55 bits per heavy atom. The standard InChI is InChI=1S/C13H18N4O3/c1-15-9-3-2-6-16(8-9)13(18)11-7-10(17(19)20)4-5-12(11)14/h4-5,7,9,15H,2-3,6,8,14H2,1H3. The highest BCUT2D eigenvalue weighted by atomic mass is 16.6. The van der Waals surface area contributed by atoms with Crippen molar-refractivity contribution >= 4 is 17.3 Å². The molecule has 1 aromatic carbocycles. The van der Waals surface area contributed by atoms with Crippen LogP contribution in [0.5, 0.6) is 0 Å². The summed E-state index contributed by atoms with van der Waals surface area (Å²) in [5, 5.41) is 13.9. The van der Waals surface area contributed by atoms with Crippen LogP contribution < -0.4 is 11.1 Å². The molecule has 108 valence electrons. The van der Waals surface area contributed by atoms with E-state index in [0.717, 1.165) is 12.8 Å². The quantitative estimate of drug-likeness (QED) is 0.488. The van der Waals surface area contributed by atoms with Crippen molar-refractivity contribution in [3.8, 4) is 0 Å². The van der Waals surface area contributed by atoms with Crippen LogP contribution in [0.3, 0.4) is 0 Å². The van der Waals surface area contributed by atoms with Crippen molar-refractivity contribution in [1.82, 2.24) is 10.2 Å². The molecule has 1 aromatic rings. The number of nitro groups is 1. The van der Waals surface area contributed by atoms with Gasteiger partial charge in [0.2, 0.25) is 0 Å². The minimum absolute atomic E-state index is 0.121. The highest BCUT2D eigenvalue weighted by Gasteiger charge is 2.25. The Morgan fingerprint density at radius 2 is 2.30 bits per heavy atom. The van der Waals surface area contributed by atoms with Crippen LogP contribution in [0.2, 0.25) is 0 Å². The molecule has 7 nitrogen and oxygen atoms in total. The minimum atomic E-state index is -0.525. The lowest BCUT2D eigenvalue weighted by Crippen LogP contribution is -2.47. The third-order valence-electron chi connectivity index (χ3n) is 3.59. The van der Waals surface area contributed by atoms with Gasteiger partial charge in [-0.05, 0) is 26.0 Å². The highest BCUT2D eigenvalue weighted by molar-refractivity contribution is 5.99. The van der Waals surface area contributed by atoms with E-state index in [1.807, 2.05) is 7.05 Å². The summed E-state index contributed by atoms with van der Waals surface area (Å²) >= 11 is 0. The second kappa shape index (κ2) is 5.87. The second-order valence-electron chi connectivity index (χ2n) is 4.91. The lowest BCUT2D eigenvalue weighted by atomic mass is 10.0. The first-order valence-corrected chi connectivity index (χ1v) is 6.53. The predicted octanol–water partition coefficient (Wildman–Crippen LogP) is 1.00. The maximum Gasteiger partial charge on any atom is 0.270 e. The zero-order chi connectivity index (χ0) is 14.7. The van der Waals surface area contributed by atoms with Crippen molar-refractivity contribution in [3.05, 3.63) is 33.9 Å². The van der Waals surface area contributed by atoms with Crippen LogP contribution in [0.15, 0.2) is 18.2 Å². The van der Waals surface area contributed by atoms with Crippen molar-refractivity contribution in [2.45, 2.75) is 18.9 Å². The van der Waals surface area contributed by atoms with Crippen LogP contribution in [0.4, 0.5) is 11.4 Å². The van der Waals surface area contributed by atoms with E-state index in [9.17, 15) is 14.9 Å². The number of anilines is 1. The number of piperidine rings is 1. The molecule has 1 aliphatic heterocycles. The Labute approximate surface area is 116 Å². The molecule has 0 radical (unpaired) electrons. The summed E-state index contributed by atoms with van der Waals surface area (Å²) in [5.41, 5.74) is 6.13. The van der Waals surface area contributed by atoms with E-state index in [-0.39, 0.29) is 28.9 Å². The Kier molecular flexibility index (Phi) is 4.19. The molecule has 1 fully saturated rings. The van der Waals surface area contributed by atoms with Gasteiger partial charge in [0.1, 0.15) is 0 Å². The summed E-state index contributed by atoms with van der Waals surface area (Å²) in [6.45, 7) is 1.25. The predicted molar refractivity (Wildman–Crippen MR) is 75.5 cm³/mol.